The van der Waals surface area contributed by atoms with Gasteiger partial charge >= 0.3 is 0 Å². The third kappa shape index (κ3) is 2.50. The van der Waals surface area contributed by atoms with Gasteiger partial charge in [0.25, 0.3) is 0 Å². The van der Waals surface area contributed by atoms with E-state index >= 15 is 0 Å². The molecular formula is C15H21N3O. The fourth-order valence-electron chi connectivity index (χ4n) is 2.80. The first-order chi connectivity index (χ1) is 9.25. The number of hydrogen-bond acceptors (Lipinski definition) is 3. The molecule has 0 aromatic carbocycles. The fourth-order valence-corrected chi connectivity index (χ4v) is 2.80. The topological polar surface area (TPSA) is 39.9 Å². The van der Waals surface area contributed by atoms with Gasteiger partial charge in [0, 0.05) is 19.2 Å². The van der Waals surface area contributed by atoms with Crippen LogP contribution in [0.25, 0.3) is 11.2 Å². The number of rotatable bonds is 3. The minimum Gasteiger partial charge on any atom is -0.379 e. The second-order valence-electron chi connectivity index (χ2n) is 5.71. The van der Waals surface area contributed by atoms with E-state index in [1.54, 1.807) is 0 Å². The molecule has 0 saturated carbocycles. The normalized spacial score (nSPS) is 20.3. The summed E-state index contributed by atoms with van der Waals surface area (Å²) in [5.74, 6) is 1.75. The summed E-state index contributed by atoms with van der Waals surface area (Å²) >= 11 is 0. The van der Waals surface area contributed by atoms with E-state index in [4.69, 9.17) is 9.72 Å². The van der Waals surface area contributed by atoms with Crippen LogP contribution in [0, 0.1) is 5.92 Å². The molecule has 0 N–H and O–H groups in total. The minimum absolute atomic E-state index is 0.391. The molecule has 19 heavy (non-hydrogen) atoms. The van der Waals surface area contributed by atoms with Crippen LogP contribution in [-0.4, -0.2) is 27.7 Å². The summed E-state index contributed by atoms with van der Waals surface area (Å²) < 4.78 is 7.95. The number of pyridine rings is 1. The molecule has 1 saturated heterocycles. The number of ether oxygens (including phenoxy) is 1. The van der Waals surface area contributed by atoms with Gasteiger partial charge in [0.05, 0.1) is 12.6 Å². The van der Waals surface area contributed by atoms with Gasteiger partial charge in [0.2, 0.25) is 0 Å². The van der Waals surface area contributed by atoms with E-state index < -0.39 is 0 Å². The molecule has 0 aliphatic carbocycles. The summed E-state index contributed by atoms with van der Waals surface area (Å²) in [6, 6.07) is 4.39. The molecule has 0 spiro atoms. The zero-order chi connectivity index (χ0) is 13.2. The van der Waals surface area contributed by atoms with Crippen molar-refractivity contribution in [1.82, 2.24) is 14.5 Å². The second kappa shape index (κ2) is 5.29. The standard InChI is InChI=1S/C15H21N3O/c1-11(2)9-14-17-13-6-3-7-16-15(13)18(14)12-5-4-8-19-10-12/h3,6-7,11-12H,4-5,8-10H2,1-2H3. The maximum atomic E-state index is 5.64. The van der Waals surface area contributed by atoms with Crippen LogP contribution in [0.3, 0.4) is 0 Å². The summed E-state index contributed by atoms with van der Waals surface area (Å²) in [6.45, 7) is 6.13. The minimum atomic E-state index is 0.391. The maximum Gasteiger partial charge on any atom is 0.160 e. The monoisotopic (exact) mass is 259 g/mol. The average molecular weight is 259 g/mol. The van der Waals surface area contributed by atoms with Crippen molar-refractivity contribution in [2.45, 2.75) is 39.2 Å². The highest BCUT2D eigenvalue weighted by molar-refractivity contribution is 5.71. The van der Waals surface area contributed by atoms with Crippen LogP contribution in [0.15, 0.2) is 18.3 Å². The average Bonchev–Trinajstić information content (AvgIpc) is 2.76. The Morgan fingerprint density at radius 2 is 2.37 bits per heavy atom. The van der Waals surface area contributed by atoms with Crippen molar-refractivity contribution in [2.75, 3.05) is 13.2 Å². The molecule has 0 amide bonds. The van der Waals surface area contributed by atoms with E-state index in [2.05, 4.69) is 23.4 Å². The molecule has 0 radical (unpaired) electrons. The SMILES string of the molecule is CC(C)Cc1nc2cccnc2n1C1CCCOC1. The van der Waals surface area contributed by atoms with Crippen LogP contribution in [0.2, 0.25) is 0 Å². The Balaban J connectivity index is 2.06. The highest BCUT2D eigenvalue weighted by Gasteiger charge is 2.22. The van der Waals surface area contributed by atoms with Crippen molar-refractivity contribution in [3.8, 4) is 0 Å². The quantitative estimate of drug-likeness (QED) is 0.850. The Morgan fingerprint density at radius 1 is 1.47 bits per heavy atom. The molecule has 1 aliphatic heterocycles. The molecule has 2 aromatic rings. The Hall–Kier alpha value is -1.42. The molecule has 4 heteroatoms. The van der Waals surface area contributed by atoms with E-state index in [0.717, 1.165) is 49.5 Å². The molecule has 1 aliphatic rings. The molecule has 3 heterocycles. The lowest BCUT2D eigenvalue weighted by Gasteiger charge is -2.25. The van der Waals surface area contributed by atoms with Crippen LogP contribution < -0.4 is 0 Å². The van der Waals surface area contributed by atoms with Gasteiger partial charge in [-0.2, -0.15) is 0 Å². The lowest BCUT2D eigenvalue weighted by molar-refractivity contribution is 0.0592. The first-order valence-corrected chi connectivity index (χ1v) is 7.15. The zero-order valence-electron chi connectivity index (χ0n) is 11.7. The number of fused-ring (bicyclic) bond motifs is 1. The predicted molar refractivity (Wildman–Crippen MR) is 75.2 cm³/mol. The molecule has 102 valence electrons. The van der Waals surface area contributed by atoms with Crippen LogP contribution in [0.5, 0.6) is 0 Å². The van der Waals surface area contributed by atoms with Gasteiger partial charge in [-0.25, -0.2) is 9.97 Å². The Labute approximate surface area is 113 Å². The number of hydrogen-bond donors (Lipinski definition) is 0. The molecule has 3 rings (SSSR count). The molecule has 1 atom stereocenters. The highest BCUT2D eigenvalue weighted by atomic mass is 16.5. The third-order valence-electron chi connectivity index (χ3n) is 3.61. The Kier molecular flexibility index (Phi) is 3.51. The lowest BCUT2D eigenvalue weighted by Crippen LogP contribution is -2.23. The largest absolute Gasteiger partial charge is 0.379 e. The Bertz CT molecular complexity index is 556. The maximum absolute atomic E-state index is 5.64. The first kappa shape index (κ1) is 12.6. The molecule has 4 nitrogen and oxygen atoms in total. The lowest BCUT2D eigenvalue weighted by atomic mass is 10.1. The van der Waals surface area contributed by atoms with Crippen molar-refractivity contribution in [1.29, 1.82) is 0 Å². The molecule has 1 fully saturated rings. The van der Waals surface area contributed by atoms with E-state index in [-0.39, 0.29) is 0 Å². The van der Waals surface area contributed by atoms with Crippen molar-refractivity contribution in [3.63, 3.8) is 0 Å². The fraction of sp³-hybridized carbons (Fsp3) is 0.600. The van der Waals surface area contributed by atoms with Gasteiger partial charge in [0.1, 0.15) is 11.3 Å². The van der Waals surface area contributed by atoms with Gasteiger partial charge in [-0.05, 0) is 30.9 Å². The number of aromatic nitrogens is 3. The zero-order valence-corrected chi connectivity index (χ0v) is 11.7. The summed E-state index contributed by atoms with van der Waals surface area (Å²) in [6.07, 6.45) is 5.13. The second-order valence-corrected chi connectivity index (χ2v) is 5.71. The van der Waals surface area contributed by atoms with Crippen molar-refractivity contribution in [3.05, 3.63) is 24.2 Å². The molecular weight excluding hydrogens is 238 g/mol. The van der Waals surface area contributed by atoms with E-state index in [1.165, 1.54) is 0 Å². The summed E-state index contributed by atoms with van der Waals surface area (Å²) in [5.41, 5.74) is 2.01. The van der Waals surface area contributed by atoms with E-state index in [0.29, 0.717) is 12.0 Å². The van der Waals surface area contributed by atoms with E-state index in [9.17, 15) is 0 Å². The van der Waals surface area contributed by atoms with Gasteiger partial charge in [0.15, 0.2) is 5.65 Å². The van der Waals surface area contributed by atoms with Gasteiger partial charge in [-0.15, -0.1) is 0 Å². The van der Waals surface area contributed by atoms with Crippen molar-refractivity contribution >= 4 is 11.2 Å². The van der Waals surface area contributed by atoms with E-state index in [1.807, 2.05) is 18.3 Å². The van der Waals surface area contributed by atoms with Crippen molar-refractivity contribution in [2.24, 2.45) is 5.92 Å². The van der Waals surface area contributed by atoms with Gasteiger partial charge in [-0.1, -0.05) is 13.8 Å². The summed E-state index contributed by atoms with van der Waals surface area (Å²) in [7, 11) is 0. The Morgan fingerprint density at radius 3 is 3.11 bits per heavy atom. The third-order valence-corrected chi connectivity index (χ3v) is 3.61. The molecule has 2 aromatic heterocycles. The van der Waals surface area contributed by atoms with Crippen molar-refractivity contribution < 1.29 is 4.74 Å². The van der Waals surface area contributed by atoms with Crippen LogP contribution in [0.1, 0.15) is 38.6 Å². The smallest absolute Gasteiger partial charge is 0.160 e. The number of nitrogens with zero attached hydrogens (tertiary/aromatic N) is 3. The highest BCUT2D eigenvalue weighted by Crippen LogP contribution is 2.26. The molecule has 0 bridgehead atoms. The number of imidazole rings is 1. The molecule has 1 unspecified atom stereocenters. The van der Waals surface area contributed by atoms with Crippen LogP contribution >= 0.6 is 0 Å². The first-order valence-electron chi connectivity index (χ1n) is 7.15. The van der Waals surface area contributed by atoms with Gasteiger partial charge < -0.3 is 9.30 Å². The van der Waals surface area contributed by atoms with Gasteiger partial charge in [-0.3, -0.25) is 0 Å². The predicted octanol–water partition coefficient (Wildman–Crippen LogP) is 2.98. The van der Waals surface area contributed by atoms with Crippen LogP contribution in [-0.2, 0) is 11.2 Å². The summed E-state index contributed by atoms with van der Waals surface area (Å²) in [4.78, 5) is 9.30. The summed E-state index contributed by atoms with van der Waals surface area (Å²) in [5, 5.41) is 0. The van der Waals surface area contributed by atoms with Crippen LogP contribution in [0.4, 0.5) is 0 Å².